The Bertz CT molecular complexity index is 791. The molecule has 0 saturated heterocycles. The van der Waals surface area contributed by atoms with E-state index in [2.05, 4.69) is 25.9 Å². The van der Waals surface area contributed by atoms with Gasteiger partial charge in [0.2, 0.25) is 11.8 Å². The number of aliphatic carboxylic acids is 1. The minimum Gasteiger partial charge on any atom is -0.480 e. The third-order valence-corrected chi connectivity index (χ3v) is 3.50. The minimum absolute atomic E-state index is 0.0299. The van der Waals surface area contributed by atoms with Crippen molar-refractivity contribution in [2.24, 2.45) is 0 Å². The van der Waals surface area contributed by atoms with Gasteiger partial charge in [0.15, 0.2) is 0 Å². The van der Waals surface area contributed by atoms with E-state index < -0.39 is 36.3 Å². The first-order valence-electron chi connectivity index (χ1n) is 8.05. The molecule has 0 fully saturated rings. The highest BCUT2D eigenvalue weighted by Crippen LogP contribution is 1.99. The van der Waals surface area contributed by atoms with Crippen molar-refractivity contribution >= 4 is 23.7 Å². The van der Waals surface area contributed by atoms with Gasteiger partial charge in [-0.25, -0.2) is 9.78 Å². The molecule has 0 spiro atoms. The van der Waals surface area contributed by atoms with Gasteiger partial charge in [0, 0.05) is 23.9 Å². The minimum atomic E-state index is -1.21. The zero-order chi connectivity index (χ0) is 19.6. The summed E-state index contributed by atoms with van der Waals surface area (Å²) >= 11 is 0. The van der Waals surface area contributed by atoms with E-state index in [0.29, 0.717) is 11.3 Å². The van der Waals surface area contributed by atoms with Gasteiger partial charge in [0.05, 0.1) is 19.4 Å². The first-order valence-corrected chi connectivity index (χ1v) is 8.05. The van der Waals surface area contributed by atoms with E-state index in [1.807, 2.05) is 0 Å². The molecule has 142 valence electrons. The number of nitrogens with one attached hydrogen (secondary N) is 4. The molecule has 0 radical (unpaired) electrons. The van der Waals surface area contributed by atoms with Crippen LogP contribution in [0.2, 0.25) is 0 Å². The summed E-state index contributed by atoms with van der Waals surface area (Å²) in [6.45, 7) is -0.718. The standard InChI is InChI=1S/C17H19N5O5/c23-14(8-20-16(25)11-4-2-1-3-5-11)19-9-15(24)22-13(17(26)27)6-12-7-18-10-21-12/h1-5,7,10,13H,6,8-9H2,(H,18,21)(H,19,23)(H,20,25)(H,22,24)(H,26,27)/t13-/m0/s1. The molecule has 0 aliphatic rings. The molecule has 0 saturated carbocycles. The summed E-state index contributed by atoms with van der Waals surface area (Å²) in [5.74, 6) is -2.86. The highest BCUT2D eigenvalue weighted by atomic mass is 16.4. The van der Waals surface area contributed by atoms with Crippen molar-refractivity contribution in [1.82, 2.24) is 25.9 Å². The average molecular weight is 373 g/mol. The van der Waals surface area contributed by atoms with E-state index in [0.717, 1.165) is 0 Å². The number of benzene rings is 1. The number of carbonyl (C=O) groups excluding carboxylic acids is 3. The fraction of sp³-hybridized carbons (Fsp3) is 0.235. The van der Waals surface area contributed by atoms with Gasteiger partial charge in [0.25, 0.3) is 5.91 Å². The number of hydrogen-bond acceptors (Lipinski definition) is 5. The third kappa shape index (κ3) is 6.61. The Labute approximate surface area is 154 Å². The summed E-state index contributed by atoms with van der Waals surface area (Å²) in [4.78, 5) is 53.1. The van der Waals surface area contributed by atoms with Gasteiger partial charge < -0.3 is 26.0 Å². The molecule has 5 N–H and O–H groups in total. The number of carboxylic acid groups (broad SMARTS) is 1. The SMILES string of the molecule is O=C(CNC(=O)c1ccccc1)NCC(=O)N[C@@H](Cc1cnc[nH]1)C(=O)O. The van der Waals surface area contributed by atoms with Crippen molar-refractivity contribution in [1.29, 1.82) is 0 Å². The fourth-order valence-electron chi connectivity index (χ4n) is 2.16. The van der Waals surface area contributed by atoms with E-state index in [9.17, 15) is 19.2 Å². The normalized spacial score (nSPS) is 11.3. The lowest BCUT2D eigenvalue weighted by atomic mass is 10.1. The highest BCUT2D eigenvalue weighted by Gasteiger charge is 2.21. The molecule has 2 aromatic rings. The second-order valence-electron chi connectivity index (χ2n) is 5.56. The molecule has 0 aliphatic heterocycles. The Morgan fingerprint density at radius 2 is 1.74 bits per heavy atom. The number of carbonyl (C=O) groups is 4. The maximum atomic E-state index is 11.8. The lowest BCUT2D eigenvalue weighted by Gasteiger charge is -2.14. The molecular weight excluding hydrogens is 354 g/mol. The van der Waals surface area contributed by atoms with E-state index in [1.54, 1.807) is 30.3 Å². The number of amides is 3. The van der Waals surface area contributed by atoms with Crippen LogP contribution in [0.5, 0.6) is 0 Å². The number of rotatable bonds is 9. The monoisotopic (exact) mass is 373 g/mol. The summed E-state index contributed by atoms with van der Waals surface area (Å²) in [6, 6.07) is 7.20. The van der Waals surface area contributed by atoms with Gasteiger partial charge in [-0.2, -0.15) is 0 Å². The van der Waals surface area contributed by atoms with Crippen molar-refractivity contribution < 1.29 is 24.3 Å². The zero-order valence-corrected chi connectivity index (χ0v) is 14.3. The summed E-state index contributed by atoms with van der Waals surface area (Å²) in [6.07, 6.45) is 2.89. The molecule has 1 heterocycles. The van der Waals surface area contributed by atoms with E-state index in [-0.39, 0.29) is 13.0 Å². The van der Waals surface area contributed by atoms with Crippen LogP contribution < -0.4 is 16.0 Å². The zero-order valence-electron chi connectivity index (χ0n) is 14.3. The fourth-order valence-corrected chi connectivity index (χ4v) is 2.16. The molecule has 10 heteroatoms. The average Bonchev–Trinajstić information content (AvgIpc) is 3.17. The van der Waals surface area contributed by atoms with Crippen molar-refractivity contribution in [3.63, 3.8) is 0 Å². The second kappa shape index (κ2) is 9.70. The van der Waals surface area contributed by atoms with Crippen LogP contribution in [-0.2, 0) is 20.8 Å². The molecule has 3 amide bonds. The lowest BCUT2D eigenvalue weighted by molar-refractivity contribution is -0.141. The molecule has 2 rings (SSSR count). The van der Waals surface area contributed by atoms with Crippen LogP contribution in [0.1, 0.15) is 16.1 Å². The number of aromatic nitrogens is 2. The van der Waals surface area contributed by atoms with Gasteiger partial charge >= 0.3 is 5.97 Å². The highest BCUT2D eigenvalue weighted by molar-refractivity contribution is 5.96. The molecule has 27 heavy (non-hydrogen) atoms. The maximum absolute atomic E-state index is 11.8. The van der Waals surface area contributed by atoms with Crippen LogP contribution in [0.15, 0.2) is 42.9 Å². The van der Waals surface area contributed by atoms with Crippen LogP contribution >= 0.6 is 0 Å². The van der Waals surface area contributed by atoms with Crippen LogP contribution in [0.25, 0.3) is 0 Å². The number of nitrogens with zero attached hydrogens (tertiary/aromatic N) is 1. The van der Waals surface area contributed by atoms with Gasteiger partial charge in [-0.3, -0.25) is 14.4 Å². The summed E-state index contributed by atoms with van der Waals surface area (Å²) in [7, 11) is 0. The van der Waals surface area contributed by atoms with Crippen molar-refractivity contribution in [2.45, 2.75) is 12.5 Å². The lowest BCUT2D eigenvalue weighted by Crippen LogP contribution is -2.47. The Balaban J connectivity index is 1.72. The van der Waals surface area contributed by atoms with Gasteiger partial charge in [-0.05, 0) is 12.1 Å². The number of hydrogen-bond donors (Lipinski definition) is 5. The first-order chi connectivity index (χ1) is 13.0. The molecule has 1 atom stereocenters. The predicted octanol–water partition coefficient (Wildman–Crippen LogP) is -0.932. The van der Waals surface area contributed by atoms with Crippen LogP contribution in [-0.4, -0.2) is 57.9 Å². The van der Waals surface area contributed by atoms with E-state index >= 15 is 0 Å². The van der Waals surface area contributed by atoms with Crippen molar-refractivity contribution in [2.75, 3.05) is 13.1 Å². The van der Waals surface area contributed by atoms with E-state index in [4.69, 9.17) is 5.11 Å². The Kier molecular flexibility index (Phi) is 7.06. The van der Waals surface area contributed by atoms with Crippen LogP contribution in [0, 0.1) is 0 Å². The third-order valence-electron chi connectivity index (χ3n) is 3.50. The van der Waals surface area contributed by atoms with Gasteiger partial charge in [-0.1, -0.05) is 18.2 Å². The number of imidazole rings is 1. The number of H-pyrrole nitrogens is 1. The largest absolute Gasteiger partial charge is 0.480 e. The maximum Gasteiger partial charge on any atom is 0.326 e. The summed E-state index contributed by atoms with van der Waals surface area (Å²) in [5.41, 5.74) is 0.960. The van der Waals surface area contributed by atoms with Gasteiger partial charge in [0.1, 0.15) is 6.04 Å². The van der Waals surface area contributed by atoms with E-state index in [1.165, 1.54) is 12.5 Å². The van der Waals surface area contributed by atoms with Crippen LogP contribution in [0.3, 0.4) is 0 Å². The molecule has 0 aliphatic carbocycles. The first kappa shape index (κ1) is 19.6. The molecule has 0 unspecified atom stereocenters. The predicted molar refractivity (Wildman–Crippen MR) is 93.6 cm³/mol. The quantitative estimate of drug-likeness (QED) is 0.383. The second-order valence-corrected chi connectivity index (χ2v) is 5.56. The Morgan fingerprint density at radius 3 is 2.37 bits per heavy atom. The topological polar surface area (TPSA) is 153 Å². The number of aromatic amines is 1. The Hall–Kier alpha value is -3.69. The van der Waals surface area contributed by atoms with Gasteiger partial charge in [-0.15, -0.1) is 0 Å². The van der Waals surface area contributed by atoms with Crippen LogP contribution in [0.4, 0.5) is 0 Å². The van der Waals surface area contributed by atoms with Crippen molar-refractivity contribution in [3.8, 4) is 0 Å². The van der Waals surface area contributed by atoms with Crippen molar-refractivity contribution in [3.05, 3.63) is 54.1 Å². The molecular formula is C17H19N5O5. The smallest absolute Gasteiger partial charge is 0.326 e. The molecule has 0 bridgehead atoms. The summed E-state index contributed by atoms with van der Waals surface area (Å²) in [5, 5.41) is 16.2. The number of carboxylic acids is 1. The molecule has 1 aromatic carbocycles. The molecule has 1 aromatic heterocycles. The summed E-state index contributed by atoms with van der Waals surface area (Å²) < 4.78 is 0. The molecule has 10 nitrogen and oxygen atoms in total. The Morgan fingerprint density at radius 1 is 1.04 bits per heavy atom.